The van der Waals surface area contributed by atoms with Crippen molar-refractivity contribution in [2.45, 2.75) is 26.1 Å². The van der Waals surface area contributed by atoms with Crippen LogP contribution in [0.3, 0.4) is 0 Å². The van der Waals surface area contributed by atoms with Crippen molar-refractivity contribution in [1.29, 1.82) is 0 Å². The third kappa shape index (κ3) is 7.59. The number of benzene rings is 1. The lowest BCUT2D eigenvalue weighted by Gasteiger charge is -2.15. The molecule has 1 aromatic rings. The highest BCUT2D eigenvalue weighted by molar-refractivity contribution is 9.11. The van der Waals surface area contributed by atoms with Crippen LogP contribution >= 0.6 is 31.9 Å². The van der Waals surface area contributed by atoms with Crippen LogP contribution < -0.4 is 5.32 Å². The average Bonchev–Trinajstić information content (AvgIpc) is 2.39. The molecule has 20 heavy (non-hydrogen) atoms. The molecule has 0 aliphatic rings. The standard InChI is InChI=1S/C14H21Br2NO3/c1-10(2)20-6-5-19-9-12(18)8-17-14-7-11(15)3-4-13(14)16/h3-4,7,10,12,17-18H,5-6,8-9H2,1-2H3. The molecule has 0 radical (unpaired) electrons. The zero-order chi connectivity index (χ0) is 15.0. The van der Waals surface area contributed by atoms with Crippen molar-refractivity contribution >= 4 is 37.5 Å². The molecule has 114 valence electrons. The molecule has 1 rings (SSSR count). The summed E-state index contributed by atoms with van der Waals surface area (Å²) in [7, 11) is 0. The van der Waals surface area contributed by atoms with Crippen LogP contribution in [-0.2, 0) is 9.47 Å². The molecule has 0 heterocycles. The van der Waals surface area contributed by atoms with Gasteiger partial charge in [0.25, 0.3) is 0 Å². The van der Waals surface area contributed by atoms with Gasteiger partial charge in [-0.15, -0.1) is 0 Å². The number of hydrogen-bond donors (Lipinski definition) is 2. The predicted octanol–water partition coefficient (Wildman–Crippen LogP) is 3.43. The third-order valence-electron chi connectivity index (χ3n) is 2.45. The monoisotopic (exact) mass is 409 g/mol. The van der Waals surface area contributed by atoms with Gasteiger partial charge in [-0.2, -0.15) is 0 Å². The van der Waals surface area contributed by atoms with E-state index in [4.69, 9.17) is 9.47 Å². The summed E-state index contributed by atoms with van der Waals surface area (Å²) < 4.78 is 12.6. The van der Waals surface area contributed by atoms with E-state index in [0.717, 1.165) is 14.6 Å². The van der Waals surface area contributed by atoms with Crippen LogP contribution in [0, 0.1) is 0 Å². The van der Waals surface area contributed by atoms with Crippen LogP contribution in [0.15, 0.2) is 27.1 Å². The van der Waals surface area contributed by atoms with E-state index in [1.54, 1.807) is 0 Å². The zero-order valence-corrected chi connectivity index (χ0v) is 14.9. The summed E-state index contributed by atoms with van der Waals surface area (Å²) in [4.78, 5) is 0. The molecule has 0 saturated carbocycles. The third-order valence-corrected chi connectivity index (χ3v) is 3.63. The van der Waals surface area contributed by atoms with Crippen molar-refractivity contribution < 1.29 is 14.6 Å². The first-order valence-electron chi connectivity index (χ1n) is 6.55. The number of ether oxygens (including phenoxy) is 2. The van der Waals surface area contributed by atoms with Gasteiger partial charge in [0.15, 0.2) is 0 Å². The summed E-state index contributed by atoms with van der Waals surface area (Å²) >= 11 is 6.87. The lowest BCUT2D eigenvalue weighted by atomic mass is 10.3. The number of hydrogen-bond acceptors (Lipinski definition) is 4. The van der Waals surface area contributed by atoms with Crippen molar-refractivity contribution in [1.82, 2.24) is 0 Å². The van der Waals surface area contributed by atoms with Gasteiger partial charge in [0.05, 0.1) is 32.0 Å². The fourth-order valence-electron chi connectivity index (χ4n) is 1.48. The molecule has 0 aliphatic carbocycles. The van der Waals surface area contributed by atoms with E-state index in [0.29, 0.717) is 26.4 Å². The lowest BCUT2D eigenvalue weighted by molar-refractivity contribution is -0.00734. The first-order valence-corrected chi connectivity index (χ1v) is 8.14. The summed E-state index contributed by atoms with van der Waals surface area (Å²) in [6, 6.07) is 5.84. The minimum absolute atomic E-state index is 0.207. The van der Waals surface area contributed by atoms with Crippen LogP contribution in [0.5, 0.6) is 0 Å². The summed E-state index contributed by atoms with van der Waals surface area (Å²) in [5.74, 6) is 0. The highest BCUT2D eigenvalue weighted by Crippen LogP contribution is 2.25. The van der Waals surface area contributed by atoms with Crippen molar-refractivity contribution in [3.63, 3.8) is 0 Å². The number of rotatable bonds is 9. The second-order valence-corrected chi connectivity index (χ2v) is 6.42. The normalized spacial score (nSPS) is 12.7. The Balaban J connectivity index is 2.19. The van der Waals surface area contributed by atoms with E-state index < -0.39 is 6.10 Å². The zero-order valence-electron chi connectivity index (χ0n) is 11.7. The summed E-state index contributed by atoms with van der Waals surface area (Å²) in [6.07, 6.45) is -0.348. The summed E-state index contributed by atoms with van der Waals surface area (Å²) in [6.45, 7) is 5.73. The maximum Gasteiger partial charge on any atom is 0.0945 e. The van der Waals surface area contributed by atoms with Crippen LogP contribution in [0.2, 0.25) is 0 Å². The molecule has 0 aromatic heterocycles. The molecule has 0 aliphatic heterocycles. The van der Waals surface area contributed by atoms with E-state index in [1.165, 1.54) is 0 Å². The molecule has 1 unspecified atom stereocenters. The first kappa shape index (κ1) is 17.9. The number of aliphatic hydroxyl groups is 1. The largest absolute Gasteiger partial charge is 0.389 e. The van der Waals surface area contributed by atoms with Gasteiger partial charge in [0.2, 0.25) is 0 Å². The number of aliphatic hydroxyl groups excluding tert-OH is 1. The van der Waals surface area contributed by atoms with Crippen LogP contribution in [0.1, 0.15) is 13.8 Å². The van der Waals surface area contributed by atoms with Gasteiger partial charge in [-0.25, -0.2) is 0 Å². The van der Waals surface area contributed by atoms with Crippen molar-refractivity contribution in [3.05, 3.63) is 27.1 Å². The van der Waals surface area contributed by atoms with E-state index >= 15 is 0 Å². The molecule has 0 bridgehead atoms. The van der Waals surface area contributed by atoms with E-state index in [-0.39, 0.29) is 6.10 Å². The van der Waals surface area contributed by atoms with E-state index in [1.807, 2.05) is 32.0 Å². The Bertz CT molecular complexity index is 402. The second kappa shape index (κ2) is 9.73. The molecular weight excluding hydrogens is 390 g/mol. The highest BCUT2D eigenvalue weighted by atomic mass is 79.9. The molecule has 1 atom stereocenters. The Hall–Kier alpha value is -0.140. The summed E-state index contributed by atoms with van der Waals surface area (Å²) in [5.41, 5.74) is 0.932. The molecule has 0 fully saturated rings. The Morgan fingerprint density at radius 1 is 1.25 bits per heavy atom. The Morgan fingerprint density at radius 3 is 2.70 bits per heavy atom. The summed E-state index contributed by atoms with van der Waals surface area (Å²) in [5, 5.41) is 13.0. The first-order chi connectivity index (χ1) is 9.49. The highest BCUT2D eigenvalue weighted by Gasteiger charge is 2.06. The van der Waals surface area contributed by atoms with Gasteiger partial charge in [0, 0.05) is 21.2 Å². The van der Waals surface area contributed by atoms with Gasteiger partial charge >= 0.3 is 0 Å². The maximum absolute atomic E-state index is 9.82. The predicted molar refractivity (Wildman–Crippen MR) is 88.2 cm³/mol. The molecule has 1 aromatic carbocycles. The van der Waals surface area contributed by atoms with Gasteiger partial charge in [-0.3, -0.25) is 0 Å². The molecule has 4 nitrogen and oxygen atoms in total. The fourth-order valence-corrected chi connectivity index (χ4v) is 2.23. The Kier molecular flexibility index (Phi) is 8.72. The van der Waals surface area contributed by atoms with Crippen molar-refractivity contribution in [2.75, 3.05) is 31.7 Å². The minimum Gasteiger partial charge on any atom is -0.389 e. The average molecular weight is 411 g/mol. The number of nitrogens with one attached hydrogen (secondary N) is 1. The van der Waals surface area contributed by atoms with Crippen molar-refractivity contribution in [2.24, 2.45) is 0 Å². The van der Waals surface area contributed by atoms with E-state index in [9.17, 15) is 5.11 Å². The quantitative estimate of drug-likeness (QED) is 0.612. The molecule has 0 amide bonds. The van der Waals surface area contributed by atoms with Crippen molar-refractivity contribution in [3.8, 4) is 0 Å². The topological polar surface area (TPSA) is 50.7 Å². The lowest BCUT2D eigenvalue weighted by Crippen LogP contribution is -2.26. The SMILES string of the molecule is CC(C)OCCOCC(O)CNc1cc(Br)ccc1Br. The molecule has 0 spiro atoms. The molecule has 0 saturated heterocycles. The second-order valence-electron chi connectivity index (χ2n) is 4.65. The molecular formula is C14H21Br2NO3. The van der Waals surface area contributed by atoms with Gasteiger partial charge in [-0.1, -0.05) is 15.9 Å². The van der Waals surface area contributed by atoms with Gasteiger partial charge < -0.3 is 19.9 Å². The van der Waals surface area contributed by atoms with Gasteiger partial charge in [0.1, 0.15) is 0 Å². The van der Waals surface area contributed by atoms with Crippen LogP contribution in [0.25, 0.3) is 0 Å². The number of halogens is 2. The van der Waals surface area contributed by atoms with Crippen LogP contribution in [0.4, 0.5) is 5.69 Å². The number of anilines is 1. The molecule has 6 heteroatoms. The minimum atomic E-state index is -0.556. The van der Waals surface area contributed by atoms with Gasteiger partial charge in [-0.05, 0) is 48.0 Å². The fraction of sp³-hybridized carbons (Fsp3) is 0.571. The molecule has 2 N–H and O–H groups in total. The smallest absolute Gasteiger partial charge is 0.0945 e. The Morgan fingerprint density at radius 2 is 2.00 bits per heavy atom. The Labute approximate surface area is 137 Å². The maximum atomic E-state index is 9.82. The van der Waals surface area contributed by atoms with E-state index in [2.05, 4.69) is 37.2 Å². The van der Waals surface area contributed by atoms with Crippen LogP contribution in [-0.4, -0.2) is 43.7 Å².